The Morgan fingerprint density at radius 1 is 1.50 bits per heavy atom. The molecular weight excluding hydrogens is 197 g/mol. The molecular formula is C8H9F3N2O. The van der Waals surface area contributed by atoms with E-state index in [9.17, 15) is 18.0 Å². The number of H-pyrrole nitrogens is 1. The SMILES string of the molecule is O=C(CCCC(F)(F)F)c1ncc[nH]1. The van der Waals surface area contributed by atoms with Gasteiger partial charge in [-0.15, -0.1) is 0 Å². The summed E-state index contributed by atoms with van der Waals surface area (Å²) in [7, 11) is 0. The molecule has 0 amide bonds. The van der Waals surface area contributed by atoms with Crippen LogP contribution in [0.5, 0.6) is 0 Å². The van der Waals surface area contributed by atoms with E-state index < -0.39 is 12.6 Å². The number of halogens is 3. The molecule has 6 heteroatoms. The summed E-state index contributed by atoms with van der Waals surface area (Å²) < 4.78 is 35.1. The van der Waals surface area contributed by atoms with Gasteiger partial charge in [0.1, 0.15) is 0 Å². The number of imidazole rings is 1. The number of rotatable bonds is 4. The van der Waals surface area contributed by atoms with Crippen LogP contribution < -0.4 is 0 Å². The molecule has 0 fully saturated rings. The van der Waals surface area contributed by atoms with Gasteiger partial charge in [-0.2, -0.15) is 13.2 Å². The third kappa shape index (κ3) is 3.59. The second-order valence-corrected chi connectivity index (χ2v) is 2.83. The van der Waals surface area contributed by atoms with Crippen molar-refractivity contribution in [2.45, 2.75) is 25.4 Å². The normalized spacial score (nSPS) is 11.6. The second kappa shape index (κ2) is 4.26. The summed E-state index contributed by atoms with van der Waals surface area (Å²) in [6.45, 7) is 0. The number of alkyl halides is 3. The molecule has 14 heavy (non-hydrogen) atoms. The van der Waals surface area contributed by atoms with Crippen LogP contribution in [0.4, 0.5) is 13.2 Å². The van der Waals surface area contributed by atoms with Crippen molar-refractivity contribution in [2.75, 3.05) is 0 Å². The number of aromatic amines is 1. The molecule has 0 spiro atoms. The average molecular weight is 206 g/mol. The molecule has 0 bridgehead atoms. The lowest BCUT2D eigenvalue weighted by Crippen LogP contribution is -2.09. The fourth-order valence-electron chi connectivity index (χ4n) is 0.986. The molecule has 0 aliphatic carbocycles. The largest absolute Gasteiger partial charge is 0.389 e. The number of nitrogens with zero attached hydrogens (tertiary/aromatic N) is 1. The van der Waals surface area contributed by atoms with Gasteiger partial charge < -0.3 is 4.98 Å². The van der Waals surface area contributed by atoms with Crippen LogP contribution in [0.25, 0.3) is 0 Å². The fraction of sp³-hybridized carbons (Fsp3) is 0.500. The maximum atomic E-state index is 11.7. The highest BCUT2D eigenvalue weighted by Crippen LogP contribution is 2.22. The Labute approximate surface area is 78.3 Å². The minimum absolute atomic E-state index is 0.118. The van der Waals surface area contributed by atoms with Gasteiger partial charge in [0.25, 0.3) is 0 Å². The van der Waals surface area contributed by atoms with Crippen LogP contribution in [0.2, 0.25) is 0 Å². The molecule has 1 rings (SSSR count). The molecule has 0 saturated carbocycles. The Kier molecular flexibility index (Phi) is 3.27. The third-order valence-corrected chi connectivity index (χ3v) is 1.63. The van der Waals surface area contributed by atoms with Crippen LogP contribution in [0.1, 0.15) is 29.9 Å². The molecule has 0 radical (unpaired) electrons. The Bertz CT molecular complexity index is 292. The fourth-order valence-corrected chi connectivity index (χ4v) is 0.986. The lowest BCUT2D eigenvalue weighted by atomic mass is 10.1. The minimum atomic E-state index is -4.19. The maximum absolute atomic E-state index is 11.7. The Morgan fingerprint density at radius 2 is 2.21 bits per heavy atom. The summed E-state index contributed by atoms with van der Waals surface area (Å²) in [5.74, 6) is -0.272. The summed E-state index contributed by atoms with van der Waals surface area (Å²) in [5, 5.41) is 0. The van der Waals surface area contributed by atoms with Crippen molar-refractivity contribution in [3.05, 3.63) is 18.2 Å². The first-order valence-corrected chi connectivity index (χ1v) is 4.08. The standard InChI is InChI=1S/C8H9F3N2O/c9-8(10,11)3-1-2-6(14)7-12-4-5-13-7/h4-5H,1-3H2,(H,12,13). The molecule has 0 atom stereocenters. The number of carbonyl (C=O) groups is 1. The zero-order valence-electron chi connectivity index (χ0n) is 7.27. The van der Waals surface area contributed by atoms with Crippen LogP contribution in [0, 0.1) is 0 Å². The van der Waals surface area contributed by atoms with Crippen molar-refractivity contribution >= 4 is 5.78 Å². The van der Waals surface area contributed by atoms with Gasteiger partial charge in [-0.3, -0.25) is 4.79 Å². The number of hydrogen-bond acceptors (Lipinski definition) is 2. The number of carbonyl (C=O) groups excluding carboxylic acids is 1. The summed E-state index contributed by atoms with van der Waals surface area (Å²) in [5.41, 5.74) is 0. The summed E-state index contributed by atoms with van der Waals surface area (Å²) >= 11 is 0. The van der Waals surface area contributed by atoms with Crippen LogP contribution >= 0.6 is 0 Å². The monoisotopic (exact) mass is 206 g/mol. The van der Waals surface area contributed by atoms with Crippen molar-refractivity contribution in [3.8, 4) is 0 Å². The summed E-state index contributed by atoms with van der Waals surface area (Å²) in [6.07, 6.45) is -2.60. The predicted molar refractivity (Wildman–Crippen MR) is 42.8 cm³/mol. The number of ketones is 1. The Balaban J connectivity index is 2.30. The van der Waals surface area contributed by atoms with Gasteiger partial charge in [-0.1, -0.05) is 0 Å². The molecule has 0 saturated heterocycles. The van der Waals surface area contributed by atoms with E-state index in [1.54, 1.807) is 0 Å². The van der Waals surface area contributed by atoms with Gasteiger partial charge in [0.05, 0.1) is 0 Å². The zero-order valence-corrected chi connectivity index (χ0v) is 7.27. The minimum Gasteiger partial charge on any atom is -0.342 e. The highest BCUT2D eigenvalue weighted by atomic mass is 19.4. The van der Waals surface area contributed by atoms with E-state index in [2.05, 4.69) is 9.97 Å². The average Bonchev–Trinajstić information content (AvgIpc) is 2.53. The van der Waals surface area contributed by atoms with E-state index in [1.807, 2.05) is 0 Å². The molecule has 0 unspecified atom stereocenters. The van der Waals surface area contributed by atoms with Gasteiger partial charge in [-0.25, -0.2) is 4.98 Å². The topological polar surface area (TPSA) is 45.8 Å². The quantitative estimate of drug-likeness (QED) is 0.768. The molecule has 78 valence electrons. The van der Waals surface area contributed by atoms with Crippen LogP contribution in [-0.2, 0) is 0 Å². The lowest BCUT2D eigenvalue weighted by Gasteiger charge is -2.03. The third-order valence-electron chi connectivity index (χ3n) is 1.63. The number of nitrogens with one attached hydrogen (secondary N) is 1. The highest BCUT2D eigenvalue weighted by Gasteiger charge is 2.26. The first-order valence-electron chi connectivity index (χ1n) is 4.08. The molecule has 1 aromatic heterocycles. The Hall–Kier alpha value is -1.33. The van der Waals surface area contributed by atoms with Gasteiger partial charge in [-0.05, 0) is 6.42 Å². The molecule has 0 aliphatic rings. The zero-order chi connectivity index (χ0) is 10.6. The van der Waals surface area contributed by atoms with E-state index in [0.29, 0.717) is 0 Å². The van der Waals surface area contributed by atoms with Crippen molar-refractivity contribution in [3.63, 3.8) is 0 Å². The van der Waals surface area contributed by atoms with Crippen LogP contribution in [0.15, 0.2) is 12.4 Å². The molecule has 1 aromatic rings. The van der Waals surface area contributed by atoms with E-state index in [-0.39, 0.29) is 24.4 Å². The van der Waals surface area contributed by atoms with Crippen molar-refractivity contribution < 1.29 is 18.0 Å². The Morgan fingerprint density at radius 3 is 2.71 bits per heavy atom. The van der Waals surface area contributed by atoms with Crippen LogP contribution in [-0.4, -0.2) is 21.9 Å². The molecule has 3 nitrogen and oxygen atoms in total. The second-order valence-electron chi connectivity index (χ2n) is 2.83. The van der Waals surface area contributed by atoms with Gasteiger partial charge in [0.15, 0.2) is 11.6 Å². The number of aromatic nitrogens is 2. The maximum Gasteiger partial charge on any atom is 0.389 e. The lowest BCUT2D eigenvalue weighted by molar-refractivity contribution is -0.135. The molecule has 1 heterocycles. The molecule has 0 aromatic carbocycles. The van der Waals surface area contributed by atoms with Crippen LogP contribution in [0.3, 0.4) is 0 Å². The van der Waals surface area contributed by atoms with E-state index in [1.165, 1.54) is 12.4 Å². The summed E-state index contributed by atoms with van der Waals surface area (Å²) in [6, 6.07) is 0. The van der Waals surface area contributed by atoms with Gasteiger partial charge in [0, 0.05) is 25.2 Å². The highest BCUT2D eigenvalue weighted by molar-refractivity contribution is 5.92. The molecule has 0 aliphatic heterocycles. The van der Waals surface area contributed by atoms with Gasteiger partial charge in [0.2, 0.25) is 0 Å². The number of Topliss-reactive ketones (excluding diaryl/α,β-unsaturated/α-hetero) is 1. The van der Waals surface area contributed by atoms with E-state index in [0.717, 1.165) is 0 Å². The van der Waals surface area contributed by atoms with Crippen molar-refractivity contribution in [1.29, 1.82) is 0 Å². The predicted octanol–water partition coefficient (Wildman–Crippen LogP) is 2.32. The van der Waals surface area contributed by atoms with Crippen molar-refractivity contribution in [2.24, 2.45) is 0 Å². The summed E-state index contributed by atoms with van der Waals surface area (Å²) in [4.78, 5) is 17.3. The van der Waals surface area contributed by atoms with E-state index in [4.69, 9.17) is 0 Å². The van der Waals surface area contributed by atoms with Crippen molar-refractivity contribution in [1.82, 2.24) is 9.97 Å². The number of hydrogen-bond donors (Lipinski definition) is 1. The van der Waals surface area contributed by atoms with Gasteiger partial charge >= 0.3 is 6.18 Å². The molecule has 1 N–H and O–H groups in total. The first-order chi connectivity index (χ1) is 6.49. The van der Waals surface area contributed by atoms with E-state index >= 15 is 0 Å². The smallest absolute Gasteiger partial charge is 0.342 e. The first kappa shape index (κ1) is 10.7.